The van der Waals surface area contributed by atoms with Crippen LogP contribution in [0.3, 0.4) is 0 Å². The van der Waals surface area contributed by atoms with E-state index < -0.39 is 0 Å². The number of nitrogens with zero attached hydrogens (tertiary/aromatic N) is 3. The molecule has 0 aliphatic rings. The summed E-state index contributed by atoms with van der Waals surface area (Å²) in [5, 5.41) is 0. The molecule has 0 N–H and O–H groups in total. The fourth-order valence-corrected chi connectivity index (χ4v) is 3.09. The molecule has 68 valence electrons. The van der Waals surface area contributed by atoms with Crippen molar-refractivity contribution in [2.45, 2.75) is 0 Å². The van der Waals surface area contributed by atoms with Crippen LogP contribution in [0.4, 0.5) is 0 Å². The summed E-state index contributed by atoms with van der Waals surface area (Å²) < 4.78 is 4.99. The molecule has 13 heavy (non-hydrogen) atoms. The summed E-state index contributed by atoms with van der Waals surface area (Å²) in [7, 11) is 3.65. The van der Waals surface area contributed by atoms with Crippen LogP contribution in [0.2, 0.25) is 0 Å². The molecular weight excluding hydrogens is 365 g/mol. The van der Waals surface area contributed by atoms with Gasteiger partial charge in [0.25, 0.3) is 0 Å². The van der Waals surface area contributed by atoms with Gasteiger partial charge in [0.2, 0.25) is 0 Å². The second-order valence-corrected chi connectivity index (χ2v) is 5.12. The quantitative estimate of drug-likeness (QED) is 0.568. The van der Waals surface area contributed by atoms with Crippen molar-refractivity contribution in [1.82, 2.24) is 8.96 Å². The highest BCUT2D eigenvalue weighted by atomic mass is 127. The van der Waals surface area contributed by atoms with Crippen molar-refractivity contribution in [2.75, 3.05) is 0 Å². The summed E-state index contributed by atoms with van der Waals surface area (Å²) in [6.45, 7) is 0. The Morgan fingerprint density at radius 1 is 1.69 bits per heavy atom. The van der Waals surface area contributed by atoms with E-state index in [-0.39, 0.29) is 0 Å². The normalized spacial score (nSPS) is 11.0. The fraction of sp³-hybridized carbons (Fsp3) is 0.143. The number of aryl methyl sites for hydroxylation is 1. The Bertz CT molecular complexity index is 456. The summed E-state index contributed by atoms with van der Waals surface area (Å²) in [4.78, 5) is 4.36. The third-order valence-corrected chi connectivity index (χ3v) is 3.84. The first-order chi connectivity index (χ1) is 6.22. The van der Waals surface area contributed by atoms with Gasteiger partial charge in [0.05, 0.1) is 28.3 Å². The average molecular weight is 371 g/mol. The summed E-state index contributed by atoms with van der Waals surface area (Å²) >= 11 is 5.61. The Balaban J connectivity index is 2.82. The lowest BCUT2D eigenvalue weighted by Gasteiger charge is -1.95. The SMILES string of the molecule is C[n+]1cc(Br)nc2ccn(SI)c21. The van der Waals surface area contributed by atoms with E-state index in [4.69, 9.17) is 0 Å². The van der Waals surface area contributed by atoms with Crippen LogP contribution >= 0.6 is 46.3 Å². The topological polar surface area (TPSA) is 21.7 Å². The van der Waals surface area contributed by atoms with Crippen LogP contribution in [0.1, 0.15) is 0 Å². The molecule has 6 heteroatoms. The Kier molecular flexibility index (Phi) is 2.80. The van der Waals surface area contributed by atoms with Crippen LogP contribution < -0.4 is 4.57 Å². The van der Waals surface area contributed by atoms with E-state index in [1.165, 1.54) is 0 Å². The van der Waals surface area contributed by atoms with E-state index in [0.717, 1.165) is 15.8 Å². The monoisotopic (exact) mass is 370 g/mol. The molecule has 0 aliphatic carbocycles. The van der Waals surface area contributed by atoms with Crippen LogP contribution in [-0.4, -0.2) is 8.96 Å². The third kappa shape index (κ3) is 1.71. The van der Waals surface area contributed by atoms with Gasteiger partial charge in [0.1, 0.15) is 26.1 Å². The first kappa shape index (κ1) is 9.72. The molecule has 2 heterocycles. The van der Waals surface area contributed by atoms with Gasteiger partial charge in [0, 0.05) is 6.07 Å². The Morgan fingerprint density at radius 3 is 3.15 bits per heavy atom. The summed E-state index contributed by atoms with van der Waals surface area (Å²) in [5.41, 5.74) is 2.11. The van der Waals surface area contributed by atoms with Gasteiger partial charge in [-0.05, 0) is 15.9 Å². The van der Waals surface area contributed by atoms with E-state index in [1.807, 2.05) is 25.5 Å². The zero-order chi connectivity index (χ0) is 9.42. The highest BCUT2D eigenvalue weighted by Crippen LogP contribution is 2.21. The van der Waals surface area contributed by atoms with Crippen molar-refractivity contribution < 1.29 is 4.57 Å². The zero-order valence-corrected chi connectivity index (χ0v) is 11.3. The molecular formula is C7H6BrIN3S+. The Labute approximate surface area is 100 Å². The average Bonchev–Trinajstić information content (AvgIpc) is 2.47. The molecule has 2 aromatic heterocycles. The van der Waals surface area contributed by atoms with Crippen LogP contribution in [0, 0.1) is 0 Å². The molecule has 0 radical (unpaired) electrons. The zero-order valence-electron chi connectivity index (χ0n) is 6.74. The molecule has 0 saturated carbocycles. The van der Waals surface area contributed by atoms with Gasteiger partial charge in [-0.3, -0.25) is 0 Å². The molecule has 0 amide bonds. The minimum Gasteiger partial charge on any atom is -0.231 e. The molecule has 0 fully saturated rings. The summed E-state index contributed by atoms with van der Waals surface area (Å²) in [5.74, 6) is 0. The van der Waals surface area contributed by atoms with Gasteiger partial charge in [-0.15, -0.1) is 0 Å². The first-order valence-corrected chi connectivity index (χ1v) is 7.65. The molecule has 0 atom stereocenters. The number of hydrogen-bond donors (Lipinski definition) is 0. The molecule has 0 unspecified atom stereocenters. The number of hydrogen-bond acceptors (Lipinski definition) is 2. The van der Waals surface area contributed by atoms with Crippen LogP contribution in [0.15, 0.2) is 23.1 Å². The van der Waals surface area contributed by atoms with Crippen molar-refractivity contribution in [2.24, 2.45) is 7.05 Å². The van der Waals surface area contributed by atoms with Gasteiger partial charge in [-0.2, -0.15) is 3.97 Å². The molecule has 3 nitrogen and oxygen atoms in total. The van der Waals surface area contributed by atoms with Gasteiger partial charge in [-0.25, -0.2) is 9.55 Å². The maximum atomic E-state index is 4.36. The molecule has 0 spiro atoms. The van der Waals surface area contributed by atoms with Crippen LogP contribution in [0.5, 0.6) is 0 Å². The molecule has 0 aliphatic heterocycles. The van der Waals surface area contributed by atoms with Crippen molar-refractivity contribution in [3.05, 3.63) is 23.1 Å². The lowest BCUT2D eigenvalue weighted by molar-refractivity contribution is -0.648. The van der Waals surface area contributed by atoms with Crippen molar-refractivity contribution >= 4 is 57.4 Å². The maximum Gasteiger partial charge on any atom is 0.319 e. The summed E-state index contributed by atoms with van der Waals surface area (Å²) in [6, 6.07) is 2.01. The second-order valence-electron chi connectivity index (χ2n) is 2.59. The Hall–Kier alpha value is 0.180. The molecule has 2 aromatic rings. The molecule has 2 rings (SSSR count). The lowest BCUT2D eigenvalue weighted by atomic mass is 10.5. The number of halogens is 2. The van der Waals surface area contributed by atoms with Crippen molar-refractivity contribution in [3.8, 4) is 0 Å². The minimum atomic E-state index is 0.860. The fourth-order valence-electron chi connectivity index (χ4n) is 1.24. The van der Waals surface area contributed by atoms with E-state index in [9.17, 15) is 0 Å². The van der Waals surface area contributed by atoms with Crippen molar-refractivity contribution in [3.63, 3.8) is 0 Å². The van der Waals surface area contributed by atoms with Crippen molar-refractivity contribution in [1.29, 1.82) is 0 Å². The predicted molar refractivity (Wildman–Crippen MR) is 65.6 cm³/mol. The van der Waals surface area contributed by atoms with Gasteiger partial charge < -0.3 is 0 Å². The van der Waals surface area contributed by atoms with Crippen LogP contribution in [-0.2, 0) is 7.05 Å². The standard InChI is InChI=1S/C7H6BrIN3S/c1-11-4-6(8)10-5-2-3-12(13-9)7(5)11/h2-4H,1H3/q+1. The molecule has 0 saturated heterocycles. The maximum absolute atomic E-state index is 4.36. The lowest BCUT2D eigenvalue weighted by Crippen LogP contribution is -2.30. The Morgan fingerprint density at radius 2 is 2.46 bits per heavy atom. The van der Waals surface area contributed by atoms with Gasteiger partial charge in [-0.1, -0.05) is 0 Å². The first-order valence-electron chi connectivity index (χ1n) is 3.54. The van der Waals surface area contributed by atoms with E-state index in [0.29, 0.717) is 0 Å². The molecule has 0 aromatic carbocycles. The highest BCUT2D eigenvalue weighted by molar-refractivity contribution is 14.2. The highest BCUT2D eigenvalue weighted by Gasteiger charge is 2.14. The predicted octanol–water partition coefficient (Wildman–Crippen LogP) is 2.47. The number of rotatable bonds is 1. The van der Waals surface area contributed by atoms with Crippen LogP contribution in [0.25, 0.3) is 11.2 Å². The van der Waals surface area contributed by atoms with Gasteiger partial charge in [0.15, 0.2) is 5.52 Å². The van der Waals surface area contributed by atoms with Gasteiger partial charge >= 0.3 is 5.65 Å². The number of fused-ring (bicyclic) bond motifs is 1. The minimum absolute atomic E-state index is 0.860. The third-order valence-electron chi connectivity index (χ3n) is 1.74. The van der Waals surface area contributed by atoms with E-state index >= 15 is 0 Å². The van der Waals surface area contributed by atoms with E-state index in [2.05, 4.69) is 50.7 Å². The molecule has 0 bridgehead atoms. The largest absolute Gasteiger partial charge is 0.319 e. The van der Waals surface area contributed by atoms with E-state index in [1.54, 1.807) is 9.12 Å². The summed E-state index contributed by atoms with van der Waals surface area (Å²) in [6.07, 6.45) is 3.97. The number of aromatic nitrogens is 3. The second kappa shape index (κ2) is 3.74. The smallest absolute Gasteiger partial charge is 0.231 e.